The molecule has 4 atom stereocenters. The maximum Gasteiger partial charge on any atom is 0.240 e. The van der Waals surface area contributed by atoms with Crippen molar-refractivity contribution >= 4 is 10.0 Å². The van der Waals surface area contributed by atoms with Crippen LogP contribution in [0.3, 0.4) is 0 Å². The summed E-state index contributed by atoms with van der Waals surface area (Å²) < 4.78 is 33.2. The number of rotatable bonds is 6. The first-order valence-corrected chi connectivity index (χ1v) is 10.2. The van der Waals surface area contributed by atoms with Gasteiger partial charge in [0.25, 0.3) is 0 Å². The molecule has 2 fully saturated rings. The van der Waals surface area contributed by atoms with Crippen molar-refractivity contribution in [3.05, 3.63) is 29.8 Å². The maximum absolute atomic E-state index is 12.5. The molecule has 8 heteroatoms. The second kappa shape index (κ2) is 7.69. The Morgan fingerprint density at radius 1 is 1.20 bits per heavy atom. The van der Waals surface area contributed by atoms with Crippen LogP contribution in [0.1, 0.15) is 18.4 Å². The monoisotopic (exact) mass is 370 g/mol. The Kier molecular flexibility index (Phi) is 5.77. The number of nitrogens with zero attached hydrogens (tertiary/aromatic N) is 1. The summed E-state index contributed by atoms with van der Waals surface area (Å²) >= 11 is 0. The predicted molar refractivity (Wildman–Crippen MR) is 92.7 cm³/mol. The van der Waals surface area contributed by atoms with Crippen LogP contribution in [0.2, 0.25) is 0 Å². The summed E-state index contributed by atoms with van der Waals surface area (Å²) in [6.45, 7) is 3.37. The average molecular weight is 370 g/mol. The molecule has 1 aromatic carbocycles. The van der Waals surface area contributed by atoms with Gasteiger partial charge in [-0.2, -0.15) is 0 Å². The molecule has 25 heavy (non-hydrogen) atoms. The van der Waals surface area contributed by atoms with Gasteiger partial charge in [-0.3, -0.25) is 4.90 Å². The van der Waals surface area contributed by atoms with E-state index in [4.69, 9.17) is 4.74 Å². The third-order valence-electron chi connectivity index (χ3n) is 5.01. The highest BCUT2D eigenvalue weighted by Crippen LogP contribution is 2.28. The van der Waals surface area contributed by atoms with Gasteiger partial charge in [0.15, 0.2) is 0 Å². The lowest BCUT2D eigenvalue weighted by Gasteiger charge is -2.30. The Labute approximate surface area is 148 Å². The predicted octanol–water partition coefficient (Wildman–Crippen LogP) is -0.142. The lowest BCUT2D eigenvalue weighted by molar-refractivity contribution is -0.0201. The molecular weight excluding hydrogens is 344 g/mol. The third kappa shape index (κ3) is 4.05. The molecular formula is C17H26N2O5S. The van der Waals surface area contributed by atoms with Gasteiger partial charge in [0.05, 0.1) is 23.6 Å². The van der Waals surface area contributed by atoms with E-state index < -0.39 is 28.3 Å². The molecule has 0 spiro atoms. The molecule has 1 aromatic rings. The minimum atomic E-state index is -3.65. The summed E-state index contributed by atoms with van der Waals surface area (Å²) in [5, 5.41) is 19.9. The van der Waals surface area contributed by atoms with Gasteiger partial charge in [-0.1, -0.05) is 17.7 Å². The fourth-order valence-electron chi connectivity index (χ4n) is 3.63. The molecule has 0 aliphatic carbocycles. The number of ether oxygens (including phenoxy) is 1. The Bertz CT molecular complexity index is 673. The summed E-state index contributed by atoms with van der Waals surface area (Å²) in [5.74, 6) is 0. The maximum atomic E-state index is 12.5. The summed E-state index contributed by atoms with van der Waals surface area (Å²) in [6.07, 6.45) is 0.103. The van der Waals surface area contributed by atoms with Gasteiger partial charge < -0.3 is 14.9 Å². The van der Waals surface area contributed by atoms with E-state index in [2.05, 4.69) is 9.62 Å². The average Bonchev–Trinajstić information content (AvgIpc) is 3.21. The fourth-order valence-corrected chi connectivity index (χ4v) is 4.67. The fraction of sp³-hybridized carbons (Fsp3) is 0.647. The molecule has 3 N–H and O–H groups in total. The number of benzene rings is 1. The van der Waals surface area contributed by atoms with Crippen molar-refractivity contribution in [3.8, 4) is 0 Å². The van der Waals surface area contributed by atoms with Gasteiger partial charge in [0.2, 0.25) is 10.0 Å². The van der Waals surface area contributed by atoms with Crippen LogP contribution in [-0.4, -0.2) is 74.1 Å². The topological polar surface area (TPSA) is 99.1 Å². The standard InChI is InChI=1S/C17H26N2O5S/c1-12-4-6-13(7-5-12)25(22,23)18-10-14-16(19-8-2-3-9-19)17(21)15(11-20)24-14/h4-7,14-18,20-21H,2-3,8-11H2,1H3/t14-,15-,16-,17+/m0/s1. The van der Waals surface area contributed by atoms with Crippen LogP contribution in [0.25, 0.3) is 0 Å². The van der Waals surface area contributed by atoms with Crippen molar-refractivity contribution in [1.29, 1.82) is 0 Å². The van der Waals surface area contributed by atoms with Gasteiger partial charge in [0, 0.05) is 6.54 Å². The number of nitrogens with one attached hydrogen (secondary N) is 1. The van der Waals surface area contributed by atoms with Crippen molar-refractivity contribution in [3.63, 3.8) is 0 Å². The molecule has 0 radical (unpaired) electrons. The Morgan fingerprint density at radius 3 is 2.44 bits per heavy atom. The van der Waals surface area contributed by atoms with E-state index in [-0.39, 0.29) is 24.1 Å². The first-order valence-electron chi connectivity index (χ1n) is 8.67. The largest absolute Gasteiger partial charge is 0.394 e. The molecule has 2 saturated heterocycles. The highest BCUT2D eigenvalue weighted by molar-refractivity contribution is 7.89. The van der Waals surface area contributed by atoms with Gasteiger partial charge in [0.1, 0.15) is 12.2 Å². The van der Waals surface area contributed by atoms with E-state index in [1.54, 1.807) is 24.3 Å². The number of likely N-dealkylation sites (tertiary alicyclic amines) is 1. The Hall–Kier alpha value is -1.03. The molecule has 140 valence electrons. The van der Waals surface area contributed by atoms with Crippen LogP contribution in [0.5, 0.6) is 0 Å². The van der Waals surface area contributed by atoms with Crippen molar-refractivity contribution in [2.24, 2.45) is 0 Å². The number of sulfonamides is 1. The zero-order valence-electron chi connectivity index (χ0n) is 14.3. The van der Waals surface area contributed by atoms with Gasteiger partial charge >= 0.3 is 0 Å². The van der Waals surface area contributed by atoms with E-state index in [0.29, 0.717) is 0 Å². The summed E-state index contributed by atoms with van der Waals surface area (Å²) in [7, 11) is -3.65. The molecule has 0 saturated carbocycles. The second-order valence-electron chi connectivity index (χ2n) is 6.78. The van der Waals surface area contributed by atoms with E-state index in [1.807, 2.05) is 6.92 Å². The van der Waals surface area contributed by atoms with E-state index in [0.717, 1.165) is 31.5 Å². The number of hydrogen-bond donors (Lipinski definition) is 3. The van der Waals surface area contributed by atoms with Gasteiger partial charge in [-0.05, 0) is 45.0 Å². The smallest absolute Gasteiger partial charge is 0.240 e. The minimum Gasteiger partial charge on any atom is -0.394 e. The first kappa shape index (κ1) is 18.8. The van der Waals surface area contributed by atoms with Crippen molar-refractivity contribution < 1.29 is 23.4 Å². The second-order valence-corrected chi connectivity index (χ2v) is 8.55. The number of aryl methyl sites for hydroxylation is 1. The number of aliphatic hydroxyl groups excluding tert-OH is 2. The lowest BCUT2D eigenvalue weighted by Crippen LogP contribution is -2.50. The molecule has 0 unspecified atom stereocenters. The van der Waals surface area contributed by atoms with Crippen LogP contribution in [0.15, 0.2) is 29.2 Å². The van der Waals surface area contributed by atoms with Gasteiger partial charge in [-0.15, -0.1) is 0 Å². The van der Waals surface area contributed by atoms with Crippen LogP contribution in [0.4, 0.5) is 0 Å². The zero-order chi connectivity index (χ0) is 18.0. The van der Waals surface area contributed by atoms with Crippen molar-refractivity contribution in [2.45, 2.75) is 49.0 Å². The number of hydrogen-bond acceptors (Lipinski definition) is 6. The molecule has 2 aliphatic rings. The summed E-state index contributed by atoms with van der Waals surface area (Å²) in [4.78, 5) is 2.33. The number of aliphatic hydroxyl groups is 2. The van der Waals surface area contributed by atoms with Crippen LogP contribution >= 0.6 is 0 Å². The highest BCUT2D eigenvalue weighted by atomic mass is 32.2. The molecule has 2 aliphatic heterocycles. The molecule has 0 aromatic heterocycles. The first-order chi connectivity index (χ1) is 11.9. The van der Waals surface area contributed by atoms with Crippen molar-refractivity contribution in [2.75, 3.05) is 26.2 Å². The molecule has 0 bridgehead atoms. The van der Waals surface area contributed by atoms with E-state index in [1.165, 1.54) is 0 Å². The Balaban J connectivity index is 1.70. The van der Waals surface area contributed by atoms with Crippen LogP contribution in [-0.2, 0) is 14.8 Å². The summed E-state index contributed by atoms with van der Waals surface area (Å²) in [5.41, 5.74) is 0.987. The third-order valence-corrected chi connectivity index (χ3v) is 6.45. The molecule has 0 amide bonds. The minimum absolute atomic E-state index is 0.0605. The van der Waals surface area contributed by atoms with Crippen LogP contribution < -0.4 is 4.72 Å². The van der Waals surface area contributed by atoms with Crippen molar-refractivity contribution in [1.82, 2.24) is 9.62 Å². The highest BCUT2D eigenvalue weighted by Gasteiger charge is 2.46. The lowest BCUT2D eigenvalue weighted by atomic mass is 10.0. The quantitative estimate of drug-likeness (QED) is 0.645. The van der Waals surface area contributed by atoms with E-state index >= 15 is 0 Å². The normalized spacial score (nSPS) is 30.8. The molecule has 2 heterocycles. The molecule has 3 rings (SSSR count). The summed E-state index contributed by atoms with van der Waals surface area (Å²) in [6, 6.07) is 6.33. The Morgan fingerprint density at radius 2 is 1.84 bits per heavy atom. The van der Waals surface area contributed by atoms with E-state index in [9.17, 15) is 18.6 Å². The zero-order valence-corrected chi connectivity index (χ0v) is 15.2. The molecule has 7 nitrogen and oxygen atoms in total. The SMILES string of the molecule is Cc1ccc(S(=O)(=O)NC[C@@H]2O[C@@H](CO)[C@@H](O)[C@H]2N2CCCC2)cc1. The van der Waals surface area contributed by atoms with Crippen LogP contribution in [0, 0.1) is 6.92 Å². The van der Waals surface area contributed by atoms with Gasteiger partial charge in [-0.25, -0.2) is 13.1 Å².